The number of rotatable bonds is 0. The fraction of sp³-hybridized carbons (Fsp3) is 0.125. The summed E-state index contributed by atoms with van der Waals surface area (Å²) in [6.45, 7) is 0. The number of fused-ring (bicyclic) bond motifs is 1. The Balaban J connectivity index is 2.72. The number of aromatic amines is 1. The first-order valence-corrected chi connectivity index (χ1v) is 5.38. The van der Waals surface area contributed by atoms with Crippen LogP contribution in [0.4, 0.5) is 13.2 Å². The number of benzene rings is 1. The average Bonchev–Trinajstić information content (AvgIpc) is 2.46. The molecule has 0 aliphatic carbocycles. The zero-order valence-electron chi connectivity index (χ0n) is 6.68. The van der Waals surface area contributed by atoms with Crippen molar-refractivity contribution in [1.82, 2.24) is 3.98 Å². The zero-order valence-corrected chi connectivity index (χ0v) is 8.40. The summed E-state index contributed by atoms with van der Waals surface area (Å²) in [5.74, 6) is 0. The fourth-order valence-corrected chi connectivity index (χ4v) is 2.62. The number of halogens is 3. The number of nitrogens with one attached hydrogen (secondary N) is 1. The molecule has 2 nitrogen and oxygen atoms in total. The molecule has 0 amide bonds. The van der Waals surface area contributed by atoms with Crippen molar-refractivity contribution in [2.45, 2.75) is 6.18 Å². The van der Waals surface area contributed by atoms with Crippen molar-refractivity contribution in [3.05, 3.63) is 34.1 Å². The van der Waals surface area contributed by atoms with Gasteiger partial charge in [0, 0.05) is 0 Å². The molecular weight excluding hydrogens is 262 g/mol. The van der Waals surface area contributed by atoms with Crippen molar-refractivity contribution in [3.8, 4) is 0 Å². The summed E-state index contributed by atoms with van der Waals surface area (Å²) in [4.78, 5) is 11.1. The molecule has 1 N–H and O–H groups in total. The Kier molecular flexibility index (Phi) is 2.05. The fourth-order valence-electron chi connectivity index (χ4n) is 1.13. The van der Waals surface area contributed by atoms with Crippen LogP contribution in [-0.4, -0.2) is 18.7 Å². The van der Waals surface area contributed by atoms with Crippen LogP contribution in [0.5, 0.6) is 0 Å². The summed E-state index contributed by atoms with van der Waals surface area (Å²) < 4.78 is 40.0. The van der Waals surface area contributed by atoms with Gasteiger partial charge < -0.3 is 0 Å². The van der Waals surface area contributed by atoms with E-state index in [1.165, 1.54) is 6.07 Å². The number of hydrogen-bond donors (Lipinski definition) is 1. The molecule has 6 heteroatoms. The number of hydrogen-bond acceptors (Lipinski definition) is 1. The Hall–Kier alpha value is -1.00. The topological polar surface area (TPSA) is 32.9 Å². The third-order valence-electron chi connectivity index (χ3n) is 1.81. The van der Waals surface area contributed by atoms with Crippen molar-refractivity contribution < 1.29 is 13.2 Å². The van der Waals surface area contributed by atoms with E-state index in [2.05, 4.69) is 3.98 Å². The van der Waals surface area contributed by atoms with E-state index in [9.17, 15) is 18.0 Å². The second-order valence-electron chi connectivity index (χ2n) is 2.74. The third-order valence-corrected chi connectivity index (χ3v) is 3.62. The van der Waals surface area contributed by atoms with Gasteiger partial charge in [-0.05, 0) is 0 Å². The second-order valence-corrected chi connectivity index (χ2v) is 4.52. The minimum atomic E-state index is -4.38. The van der Waals surface area contributed by atoms with Gasteiger partial charge in [0.25, 0.3) is 0 Å². The molecule has 0 unspecified atom stereocenters. The first-order chi connectivity index (χ1) is 6.48. The minimum absolute atomic E-state index is 0.153. The Morgan fingerprint density at radius 1 is 1.29 bits per heavy atom. The molecular formula is C8H4F3NOSe. The molecule has 0 radical (unpaired) electrons. The van der Waals surface area contributed by atoms with Crippen LogP contribution < -0.4 is 5.56 Å². The van der Waals surface area contributed by atoms with E-state index < -0.39 is 17.3 Å². The first-order valence-electron chi connectivity index (χ1n) is 3.67. The van der Waals surface area contributed by atoms with E-state index in [4.69, 9.17) is 0 Å². The molecule has 14 heavy (non-hydrogen) atoms. The van der Waals surface area contributed by atoms with Gasteiger partial charge in [-0.25, -0.2) is 0 Å². The molecule has 1 heterocycles. The Labute approximate surface area is 82.3 Å². The van der Waals surface area contributed by atoms with Gasteiger partial charge in [-0.2, -0.15) is 0 Å². The quantitative estimate of drug-likeness (QED) is 0.722. The van der Waals surface area contributed by atoms with Crippen LogP contribution in [-0.2, 0) is 6.18 Å². The van der Waals surface area contributed by atoms with Gasteiger partial charge in [-0.3, -0.25) is 0 Å². The molecule has 0 saturated heterocycles. The van der Waals surface area contributed by atoms with Gasteiger partial charge in [0.1, 0.15) is 0 Å². The number of H-pyrrole nitrogens is 1. The van der Waals surface area contributed by atoms with Crippen molar-refractivity contribution in [3.63, 3.8) is 0 Å². The monoisotopic (exact) mass is 267 g/mol. The molecule has 2 aromatic rings. The predicted molar refractivity (Wildman–Crippen MR) is 46.5 cm³/mol. The molecule has 0 spiro atoms. The molecule has 0 aliphatic heterocycles. The zero-order chi connectivity index (χ0) is 10.3. The van der Waals surface area contributed by atoms with Crippen LogP contribution in [0.15, 0.2) is 23.0 Å². The summed E-state index contributed by atoms with van der Waals surface area (Å²) in [6.07, 6.45) is -4.38. The van der Waals surface area contributed by atoms with Crippen molar-refractivity contribution in [2.24, 2.45) is 0 Å². The summed E-state index contributed by atoms with van der Waals surface area (Å²) in [5, 5.41) is 0.153. The molecule has 74 valence electrons. The first kappa shape index (κ1) is 9.55. The number of alkyl halides is 3. The van der Waals surface area contributed by atoms with Crippen LogP contribution in [0.1, 0.15) is 5.56 Å². The summed E-state index contributed by atoms with van der Waals surface area (Å²) in [7, 11) is 0. The molecule has 0 fully saturated rings. The van der Waals surface area contributed by atoms with Crippen molar-refractivity contribution in [2.75, 3.05) is 0 Å². The standard InChI is InChI=1S/C8H4F3NOSe/c9-8(10,11)4-1-2-6-5(3-4)7(13)12-14-6/h1-3H,(H,12,13). The van der Waals surface area contributed by atoms with Crippen LogP contribution in [0.3, 0.4) is 0 Å². The van der Waals surface area contributed by atoms with Gasteiger partial charge >= 0.3 is 81.8 Å². The van der Waals surface area contributed by atoms with Crippen LogP contribution in [0.2, 0.25) is 0 Å². The molecule has 1 aromatic carbocycles. The normalized spacial score (nSPS) is 12.2. The molecule has 0 bridgehead atoms. The van der Waals surface area contributed by atoms with Gasteiger partial charge in [0.05, 0.1) is 0 Å². The summed E-state index contributed by atoms with van der Waals surface area (Å²) in [5.41, 5.74) is -1.19. The van der Waals surface area contributed by atoms with Crippen LogP contribution in [0, 0.1) is 0 Å². The summed E-state index contributed by atoms with van der Waals surface area (Å²) >= 11 is -0.226. The number of aromatic nitrogens is 1. The van der Waals surface area contributed by atoms with Crippen molar-refractivity contribution >= 4 is 24.4 Å². The van der Waals surface area contributed by atoms with E-state index in [0.29, 0.717) is 4.26 Å². The van der Waals surface area contributed by atoms with Gasteiger partial charge in [0.2, 0.25) is 0 Å². The van der Waals surface area contributed by atoms with E-state index in [-0.39, 0.29) is 20.1 Å². The maximum absolute atomic E-state index is 12.3. The molecule has 0 aliphatic rings. The Bertz CT molecular complexity index is 525. The van der Waals surface area contributed by atoms with E-state index >= 15 is 0 Å². The summed E-state index contributed by atoms with van der Waals surface area (Å²) in [6, 6.07) is 3.26. The van der Waals surface area contributed by atoms with Crippen molar-refractivity contribution in [1.29, 1.82) is 0 Å². The van der Waals surface area contributed by atoms with Crippen LogP contribution in [0.25, 0.3) is 9.65 Å². The molecule has 2 rings (SSSR count). The second kappa shape index (κ2) is 3.00. The SMILES string of the molecule is O=c1[nH][se]c2ccc(C(F)(F)F)cc12. The van der Waals surface area contributed by atoms with Gasteiger partial charge in [-0.1, -0.05) is 0 Å². The van der Waals surface area contributed by atoms with Crippen LogP contribution >= 0.6 is 0 Å². The maximum atomic E-state index is 12.3. The van der Waals surface area contributed by atoms with Gasteiger partial charge in [-0.15, -0.1) is 0 Å². The van der Waals surface area contributed by atoms with E-state index in [1.807, 2.05) is 0 Å². The van der Waals surface area contributed by atoms with Gasteiger partial charge in [0.15, 0.2) is 0 Å². The molecule has 1 aromatic heterocycles. The van der Waals surface area contributed by atoms with E-state index in [1.54, 1.807) is 0 Å². The Morgan fingerprint density at radius 2 is 2.00 bits per heavy atom. The molecule has 0 atom stereocenters. The third kappa shape index (κ3) is 1.51. The Morgan fingerprint density at radius 3 is 2.64 bits per heavy atom. The van der Waals surface area contributed by atoms with E-state index in [0.717, 1.165) is 12.1 Å². The average molecular weight is 266 g/mol. The predicted octanol–water partition coefficient (Wildman–Crippen LogP) is 1.60. The molecule has 0 saturated carbocycles.